The first-order valence-electron chi connectivity index (χ1n) is 3.67. The zero-order valence-corrected chi connectivity index (χ0v) is 7.10. The highest BCUT2D eigenvalue weighted by molar-refractivity contribution is 5.73. The number of halogens is 1. The molecule has 0 unspecified atom stereocenters. The molecule has 0 heterocycles. The van der Waals surface area contributed by atoms with E-state index in [0.29, 0.717) is 0 Å². The van der Waals surface area contributed by atoms with E-state index in [2.05, 4.69) is 10.9 Å². The predicted octanol–water partition coefficient (Wildman–Crippen LogP) is 1.13. The fourth-order valence-corrected chi connectivity index (χ4v) is 0.850. The lowest BCUT2D eigenvalue weighted by Crippen LogP contribution is -2.34. The van der Waals surface area contributed by atoms with Crippen molar-refractivity contribution in [1.29, 1.82) is 0 Å². The van der Waals surface area contributed by atoms with Crippen LogP contribution in [0.1, 0.15) is 5.56 Å². The Hall–Kier alpha value is -1.78. The van der Waals surface area contributed by atoms with Crippen LogP contribution in [0.25, 0.3) is 0 Å². The van der Waals surface area contributed by atoms with E-state index in [1.54, 1.807) is 13.0 Å². The SMILES string of the molecule is Cc1ccc(NNC(N)=O)c(F)c1. The first-order valence-corrected chi connectivity index (χ1v) is 3.67. The zero-order chi connectivity index (χ0) is 9.84. The van der Waals surface area contributed by atoms with Gasteiger partial charge in [0.2, 0.25) is 0 Å². The Labute approximate surface area is 74.9 Å². The minimum atomic E-state index is -0.764. The standard InChI is InChI=1S/C8H10FN3O/c1-5-2-3-7(6(9)4-5)11-12-8(10)13/h2-4,11H,1H3,(H3,10,12,13). The fourth-order valence-electron chi connectivity index (χ4n) is 0.850. The molecule has 0 spiro atoms. The molecule has 0 aliphatic carbocycles. The van der Waals surface area contributed by atoms with Gasteiger partial charge in [-0.1, -0.05) is 6.07 Å². The van der Waals surface area contributed by atoms with Crippen molar-refractivity contribution in [2.75, 3.05) is 5.43 Å². The van der Waals surface area contributed by atoms with Gasteiger partial charge in [0.25, 0.3) is 0 Å². The molecular weight excluding hydrogens is 173 g/mol. The molecule has 1 aromatic carbocycles. The smallest absolute Gasteiger partial charge is 0.330 e. The van der Waals surface area contributed by atoms with E-state index in [-0.39, 0.29) is 5.69 Å². The minimum absolute atomic E-state index is 0.185. The van der Waals surface area contributed by atoms with E-state index >= 15 is 0 Å². The van der Waals surface area contributed by atoms with Gasteiger partial charge >= 0.3 is 6.03 Å². The van der Waals surface area contributed by atoms with Crippen molar-refractivity contribution >= 4 is 11.7 Å². The molecule has 0 aliphatic rings. The van der Waals surface area contributed by atoms with E-state index < -0.39 is 11.8 Å². The van der Waals surface area contributed by atoms with E-state index in [9.17, 15) is 9.18 Å². The van der Waals surface area contributed by atoms with Crippen molar-refractivity contribution in [3.63, 3.8) is 0 Å². The Bertz CT molecular complexity index is 327. The monoisotopic (exact) mass is 183 g/mol. The number of nitrogens with two attached hydrogens (primary N) is 1. The molecule has 0 fully saturated rings. The lowest BCUT2D eigenvalue weighted by molar-refractivity contribution is 0.250. The molecule has 2 amide bonds. The largest absolute Gasteiger partial charge is 0.350 e. The lowest BCUT2D eigenvalue weighted by Gasteiger charge is -2.06. The fraction of sp³-hybridized carbons (Fsp3) is 0.125. The Kier molecular flexibility index (Phi) is 2.69. The van der Waals surface area contributed by atoms with Crippen LogP contribution in [-0.2, 0) is 0 Å². The molecule has 0 bridgehead atoms. The van der Waals surface area contributed by atoms with Crippen LogP contribution in [0.2, 0.25) is 0 Å². The van der Waals surface area contributed by atoms with Gasteiger partial charge in [-0.25, -0.2) is 9.18 Å². The maximum absolute atomic E-state index is 13.0. The second kappa shape index (κ2) is 3.75. The van der Waals surface area contributed by atoms with Crippen LogP contribution in [-0.4, -0.2) is 6.03 Å². The molecule has 0 saturated heterocycles. The van der Waals surface area contributed by atoms with Crippen LogP contribution < -0.4 is 16.6 Å². The summed E-state index contributed by atoms with van der Waals surface area (Å²) in [6.45, 7) is 1.77. The summed E-state index contributed by atoms with van der Waals surface area (Å²) < 4.78 is 13.0. The molecule has 0 saturated carbocycles. The zero-order valence-electron chi connectivity index (χ0n) is 7.10. The summed E-state index contributed by atoms with van der Waals surface area (Å²) in [5.41, 5.74) is 10.2. The molecular formula is C8H10FN3O. The van der Waals surface area contributed by atoms with Crippen LogP contribution in [0.15, 0.2) is 18.2 Å². The number of benzene rings is 1. The quantitative estimate of drug-likeness (QED) is 0.601. The van der Waals surface area contributed by atoms with E-state index in [1.807, 2.05) is 0 Å². The van der Waals surface area contributed by atoms with Crippen LogP contribution in [0.5, 0.6) is 0 Å². The lowest BCUT2D eigenvalue weighted by atomic mass is 10.2. The van der Waals surface area contributed by atoms with Crippen molar-refractivity contribution in [2.24, 2.45) is 5.73 Å². The summed E-state index contributed by atoms with van der Waals surface area (Å²) in [6, 6.07) is 3.82. The maximum atomic E-state index is 13.0. The minimum Gasteiger partial charge on any atom is -0.350 e. The van der Waals surface area contributed by atoms with Gasteiger partial charge in [-0.3, -0.25) is 10.9 Å². The van der Waals surface area contributed by atoms with Gasteiger partial charge in [-0.2, -0.15) is 0 Å². The van der Waals surface area contributed by atoms with Crippen LogP contribution >= 0.6 is 0 Å². The highest BCUT2D eigenvalue weighted by atomic mass is 19.1. The number of rotatable bonds is 2. The van der Waals surface area contributed by atoms with Gasteiger partial charge in [0.1, 0.15) is 5.82 Å². The molecule has 70 valence electrons. The maximum Gasteiger partial charge on any atom is 0.330 e. The van der Waals surface area contributed by atoms with Crippen molar-refractivity contribution < 1.29 is 9.18 Å². The van der Waals surface area contributed by atoms with Crippen molar-refractivity contribution in [1.82, 2.24) is 5.43 Å². The summed E-state index contributed by atoms with van der Waals surface area (Å²) in [7, 11) is 0. The predicted molar refractivity (Wildman–Crippen MR) is 47.5 cm³/mol. The van der Waals surface area contributed by atoms with Gasteiger partial charge in [0.05, 0.1) is 5.69 Å². The molecule has 4 nitrogen and oxygen atoms in total. The molecule has 0 atom stereocenters. The van der Waals surface area contributed by atoms with Gasteiger partial charge in [0.15, 0.2) is 0 Å². The highest BCUT2D eigenvalue weighted by Gasteiger charge is 2.01. The summed E-state index contributed by atoms with van der Waals surface area (Å²) in [6.07, 6.45) is 0. The first kappa shape index (κ1) is 9.31. The van der Waals surface area contributed by atoms with Crippen molar-refractivity contribution in [3.05, 3.63) is 29.6 Å². The number of anilines is 1. The van der Waals surface area contributed by atoms with Gasteiger partial charge < -0.3 is 5.73 Å². The average Bonchev–Trinajstić information content (AvgIpc) is 2.02. The molecule has 13 heavy (non-hydrogen) atoms. The Balaban J connectivity index is 2.72. The Morgan fingerprint density at radius 1 is 1.54 bits per heavy atom. The molecule has 4 N–H and O–H groups in total. The van der Waals surface area contributed by atoms with Gasteiger partial charge in [0, 0.05) is 0 Å². The van der Waals surface area contributed by atoms with Crippen LogP contribution in [0, 0.1) is 12.7 Å². The first-order chi connectivity index (χ1) is 6.09. The number of hydrogen-bond donors (Lipinski definition) is 3. The van der Waals surface area contributed by atoms with E-state index in [1.165, 1.54) is 12.1 Å². The van der Waals surface area contributed by atoms with Crippen molar-refractivity contribution in [3.8, 4) is 0 Å². The highest BCUT2D eigenvalue weighted by Crippen LogP contribution is 2.13. The number of carbonyl (C=O) groups excluding carboxylic acids is 1. The summed E-state index contributed by atoms with van der Waals surface area (Å²) in [5.74, 6) is -0.436. The molecule has 0 aliphatic heterocycles. The number of nitrogens with one attached hydrogen (secondary N) is 2. The van der Waals surface area contributed by atoms with Crippen LogP contribution in [0.3, 0.4) is 0 Å². The Morgan fingerprint density at radius 2 is 2.23 bits per heavy atom. The third-order valence-electron chi connectivity index (χ3n) is 1.44. The number of carbonyl (C=O) groups is 1. The third kappa shape index (κ3) is 2.62. The molecule has 0 aromatic heterocycles. The second-order valence-electron chi connectivity index (χ2n) is 2.60. The number of hydrogen-bond acceptors (Lipinski definition) is 2. The normalized spacial score (nSPS) is 9.38. The average molecular weight is 183 g/mol. The number of urea groups is 1. The second-order valence-corrected chi connectivity index (χ2v) is 2.60. The summed E-state index contributed by atoms with van der Waals surface area (Å²) in [4.78, 5) is 10.3. The van der Waals surface area contributed by atoms with Gasteiger partial charge in [-0.15, -0.1) is 0 Å². The molecule has 1 rings (SSSR count). The third-order valence-corrected chi connectivity index (χ3v) is 1.44. The number of amides is 2. The van der Waals surface area contributed by atoms with E-state index in [0.717, 1.165) is 5.56 Å². The molecule has 0 radical (unpaired) electrons. The number of aryl methyl sites for hydroxylation is 1. The van der Waals surface area contributed by atoms with Crippen molar-refractivity contribution in [2.45, 2.75) is 6.92 Å². The number of primary amides is 1. The molecule has 1 aromatic rings. The number of hydrazine groups is 1. The summed E-state index contributed by atoms with van der Waals surface area (Å²) >= 11 is 0. The van der Waals surface area contributed by atoms with Crippen LogP contribution in [0.4, 0.5) is 14.9 Å². The molecule has 5 heteroatoms. The van der Waals surface area contributed by atoms with Gasteiger partial charge in [-0.05, 0) is 24.6 Å². The van der Waals surface area contributed by atoms with E-state index in [4.69, 9.17) is 5.73 Å². The Morgan fingerprint density at radius 3 is 2.77 bits per heavy atom. The topological polar surface area (TPSA) is 67.2 Å². The summed E-state index contributed by atoms with van der Waals surface area (Å²) in [5, 5.41) is 0.